The molecule has 1 aromatic heterocycles. The van der Waals surface area contributed by atoms with Crippen LogP contribution in [0.4, 0.5) is 10.3 Å². The lowest BCUT2D eigenvalue weighted by Crippen LogP contribution is -2.42. The highest BCUT2D eigenvalue weighted by molar-refractivity contribution is 5.94. The predicted octanol–water partition coefficient (Wildman–Crippen LogP) is 4.77. The Hall–Kier alpha value is -3.68. The van der Waals surface area contributed by atoms with Gasteiger partial charge in [-0.05, 0) is 54.4 Å². The third kappa shape index (κ3) is 6.21. The number of nitrogens with one attached hydrogen (secondary N) is 1. The van der Waals surface area contributed by atoms with Gasteiger partial charge in [0, 0.05) is 29.9 Å². The summed E-state index contributed by atoms with van der Waals surface area (Å²) in [5.41, 5.74) is 2.04. The number of imidazole rings is 1. The molecule has 0 unspecified atom stereocenters. The predicted molar refractivity (Wildman–Crippen MR) is 130 cm³/mol. The summed E-state index contributed by atoms with van der Waals surface area (Å²) in [6.45, 7) is 8.06. The number of benzene rings is 2. The fraction of sp³-hybridized carbons (Fsp3) is 0.346. The zero-order chi connectivity index (χ0) is 24.8. The summed E-state index contributed by atoms with van der Waals surface area (Å²) in [4.78, 5) is 31.8. The van der Waals surface area contributed by atoms with E-state index in [1.807, 2.05) is 52.0 Å². The van der Waals surface area contributed by atoms with Crippen molar-refractivity contribution in [2.45, 2.75) is 27.7 Å². The molecule has 2 amide bonds. The number of amides is 2. The summed E-state index contributed by atoms with van der Waals surface area (Å²) in [6, 6.07) is 13.3. The first-order chi connectivity index (χ1) is 16.2. The van der Waals surface area contributed by atoms with Crippen molar-refractivity contribution in [3.05, 3.63) is 60.5 Å². The molecule has 0 fully saturated rings. The van der Waals surface area contributed by atoms with Gasteiger partial charge in [-0.1, -0.05) is 27.7 Å². The molecule has 1 N–H and O–H groups in total. The third-order valence-corrected chi connectivity index (χ3v) is 5.17. The van der Waals surface area contributed by atoms with Crippen LogP contribution in [0.15, 0.2) is 54.7 Å². The van der Waals surface area contributed by atoms with Crippen molar-refractivity contribution in [2.24, 2.45) is 11.8 Å². The number of rotatable bonds is 9. The summed E-state index contributed by atoms with van der Waals surface area (Å²) in [5, 5.41) is 2.85. The molecule has 0 atom stereocenters. The first-order valence-electron chi connectivity index (χ1n) is 11.3. The van der Waals surface area contributed by atoms with Gasteiger partial charge < -0.3 is 9.64 Å². The Morgan fingerprint density at radius 2 is 1.71 bits per heavy atom. The molecule has 0 radical (unpaired) electrons. The number of hydrogen-bond acceptors (Lipinski definition) is 4. The molecule has 8 heteroatoms. The molecule has 180 valence electrons. The Morgan fingerprint density at radius 1 is 1.06 bits per heavy atom. The van der Waals surface area contributed by atoms with Gasteiger partial charge in [-0.25, -0.2) is 9.37 Å². The number of carbonyl (C=O) groups excluding carboxylic acids is 2. The highest BCUT2D eigenvalue weighted by atomic mass is 19.1. The van der Waals surface area contributed by atoms with Crippen LogP contribution < -0.4 is 10.1 Å². The van der Waals surface area contributed by atoms with Crippen molar-refractivity contribution in [1.29, 1.82) is 0 Å². The number of carbonyl (C=O) groups is 2. The maximum atomic E-state index is 13.4. The summed E-state index contributed by atoms with van der Waals surface area (Å²) in [7, 11) is 1.59. The number of aromatic nitrogens is 2. The number of halogens is 1. The maximum Gasteiger partial charge on any atom is 0.246 e. The fourth-order valence-corrected chi connectivity index (χ4v) is 3.54. The molecule has 0 aliphatic rings. The molecule has 34 heavy (non-hydrogen) atoms. The largest absolute Gasteiger partial charge is 0.497 e. The molecule has 7 nitrogen and oxygen atoms in total. The lowest BCUT2D eigenvalue weighted by atomic mass is 10.1. The topological polar surface area (TPSA) is 76.5 Å². The van der Waals surface area contributed by atoms with Crippen molar-refractivity contribution in [2.75, 3.05) is 25.5 Å². The Morgan fingerprint density at radius 3 is 2.26 bits per heavy atom. The van der Waals surface area contributed by atoms with E-state index < -0.39 is 0 Å². The van der Waals surface area contributed by atoms with E-state index in [9.17, 15) is 14.0 Å². The number of nitrogens with zero attached hydrogens (tertiary/aromatic N) is 3. The fourth-order valence-electron chi connectivity index (χ4n) is 3.54. The lowest BCUT2D eigenvalue weighted by Gasteiger charge is -2.25. The first-order valence-corrected chi connectivity index (χ1v) is 11.3. The van der Waals surface area contributed by atoms with E-state index in [0.29, 0.717) is 29.5 Å². The van der Waals surface area contributed by atoms with Crippen molar-refractivity contribution >= 4 is 17.8 Å². The van der Waals surface area contributed by atoms with Gasteiger partial charge in [0.05, 0.1) is 19.3 Å². The molecular weight excluding hydrogens is 435 g/mol. The Balaban J connectivity index is 1.92. The lowest BCUT2D eigenvalue weighted by molar-refractivity contribution is -0.138. The zero-order valence-electron chi connectivity index (χ0n) is 20.2. The number of anilines is 1. The van der Waals surface area contributed by atoms with Crippen molar-refractivity contribution in [3.63, 3.8) is 0 Å². The van der Waals surface area contributed by atoms with Crippen molar-refractivity contribution in [1.82, 2.24) is 14.5 Å². The van der Waals surface area contributed by atoms with Gasteiger partial charge >= 0.3 is 0 Å². The van der Waals surface area contributed by atoms with E-state index in [1.165, 1.54) is 12.1 Å². The minimum Gasteiger partial charge on any atom is -0.497 e. The monoisotopic (exact) mass is 466 g/mol. The molecule has 0 aliphatic heterocycles. The first kappa shape index (κ1) is 25.0. The molecular formula is C26H31FN4O3. The van der Waals surface area contributed by atoms with Gasteiger partial charge in [-0.2, -0.15) is 0 Å². The van der Waals surface area contributed by atoms with Crippen LogP contribution in [0.2, 0.25) is 0 Å². The van der Waals surface area contributed by atoms with Gasteiger partial charge in [0.15, 0.2) is 0 Å². The van der Waals surface area contributed by atoms with Gasteiger partial charge in [-0.3, -0.25) is 19.5 Å². The Kier molecular flexibility index (Phi) is 8.04. The molecule has 0 saturated carbocycles. The molecule has 2 aromatic carbocycles. The van der Waals surface area contributed by atoms with Gasteiger partial charge in [0.1, 0.15) is 11.6 Å². The van der Waals surface area contributed by atoms with Crippen LogP contribution in [0.1, 0.15) is 27.7 Å². The highest BCUT2D eigenvalue weighted by Crippen LogP contribution is 2.26. The van der Waals surface area contributed by atoms with E-state index in [4.69, 9.17) is 4.74 Å². The summed E-state index contributed by atoms with van der Waals surface area (Å²) >= 11 is 0. The van der Waals surface area contributed by atoms with Gasteiger partial charge in [-0.15, -0.1) is 0 Å². The van der Waals surface area contributed by atoms with Gasteiger partial charge in [0.25, 0.3) is 0 Å². The van der Waals surface area contributed by atoms with E-state index in [-0.39, 0.29) is 36.0 Å². The quantitative estimate of drug-likeness (QED) is 0.493. The molecule has 3 rings (SSSR count). The molecule has 1 heterocycles. The number of hydrogen-bond donors (Lipinski definition) is 1. The van der Waals surface area contributed by atoms with Crippen molar-refractivity contribution in [3.8, 4) is 22.7 Å². The second-order valence-corrected chi connectivity index (χ2v) is 8.84. The van der Waals surface area contributed by atoms with Crippen LogP contribution in [-0.2, 0) is 9.59 Å². The van der Waals surface area contributed by atoms with Crippen LogP contribution >= 0.6 is 0 Å². The normalized spacial score (nSPS) is 11.1. The third-order valence-electron chi connectivity index (χ3n) is 5.17. The minimum atomic E-state index is -0.347. The second kappa shape index (κ2) is 11.0. The Bertz CT molecular complexity index is 1120. The molecule has 0 bridgehead atoms. The molecule has 0 spiro atoms. The minimum absolute atomic E-state index is 0.0729. The standard InChI is InChI=1S/C26H31FN4O3/c1-17(2)14-30(25(33)18(3)4)16-24(32)29-26-28-23(19-6-8-20(27)9-7-19)15-31(26)21-10-12-22(34-5)13-11-21/h6-13,15,17-18H,14,16H2,1-5H3,(H,28,29,32). The van der Waals surface area contributed by atoms with Crippen LogP contribution in [0, 0.1) is 17.7 Å². The summed E-state index contributed by atoms with van der Waals surface area (Å²) in [6.07, 6.45) is 1.77. The SMILES string of the molecule is COc1ccc(-n2cc(-c3ccc(F)cc3)nc2NC(=O)CN(CC(C)C)C(=O)C(C)C)cc1. The maximum absolute atomic E-state index is 13.4. The van der Waals surface area contributed by atoms with Crippen LogP contribution in [0.3, 0.4) is 0 Å². The number of methoxy groups -OCH3 is 1. The zero-order valence-corrected chi connectivity index (χ0v) is 20.2. The van der Waals surface area contributed by atoms with Gasteiger partial charge in [0.2, 0.25) is 17.8 Å². The van der Waals surface area contributed by atoms with E-state index >= 15 is 0 Å². The van der Waals surface area contributed by atoms with Crippen molar-refractivity contribution < 1.29 is 18.7 Å². The average Bonchev–Trinajstić information content (AvgIpc) is 3.21. The van der Waals surface area contributed by atoms with Crippen LogP contribution in [0.25, 0.3) is 16.9 Å². The second-order valence-electron chi connectivity index (χ2n) is 8.84. The van der Waals surface area contributed by atoms with E-state index in [0.717, 1.165) is 5.69 Å². The summed E-state index contributed by atoms with van der Waals surface area (Å²) in [5.74, 6) is 0.252. The van der Waals surface area contributed by atoms with E-state index in [1.54, 1.807) is 34.9 Å². The molecule has 0 saturated heterocycles. The van der Waals surface area contributed by atoms with E-state index in [2.05, 4.69) is 10.3 Å². The highest BCUT2D eigenvalue weighted by Gasteiger charge is 2.22. The van der Waals surface area contributed by atoms with Crippen LogP contribution in [-0.4, -0.2) is 46.5 Å². The smallest absolute Gasteiger partial charge is 0.246 e. The Labute approximate surface area is 199 Å². The van der Waals surface area contributed by atoms with Crippen LogP contribution in [0.5, 0.6) is 5.75 Å². The summed E-state index contributed by atoms with van der Waals surface area (Å²) < 4.78 is 20.4. The molecule has 3 aromatic rings. The average molecular weight is 467 g/mol. The molecule has 0 aliphatic carbocycles. The number of ether oxygens (including phenoxy) is 1.